The van der Waals surface area contributed by atoms with Crippen LogP contribution in [0.15, 0.2) is 18.2 Å². The zero-order chi connectivity index (χ0) is 17.1. The second-order valence-electron chi connectivity index (χ2n) is 6.06. The number of nitro benzene ring substituents is 1. The van der Waals surface area contributed by atoms with Crippen LogP contribution in [0.3, 0.4) is 0 Å². The molecule has 0 spiro atoms. The maximum Gasteiger partial charge on any atom is 0.311 e. The Labute approximate surface area is 139 Å². The van der Waals surface area contributed by atoms with Crippen molar-refractivity contribution in [2.45, 2.75) is 31.3 Å². The average molecular weight is 335 g/mol. The summed E-state index contributed by atoms with van der Waals surface area (Å²) >= 11 is 0. The molecule has 2 aliphatic rings. The van der Waals surface area contributed by atoms with Crippen molar-refractivity contribution in [3.05, 3.63) is 28.3 Å². The molecule has 1 aromatic carbocycles. The summed E-state index contributed by atoms with van der Waals surface area (Å²) in [5.41, 5.74) is -0.132. The Hall–Kier alpha value is -2.35. The van der Waals surface area contributed by atoms with E-state index in [0.717, 1.165) is 32.4 Å². The van der Waals surface area contributed by atoms with E-state index in [2.05, 4.69) is 5.32 Å². The Morgan fingerprint density at radius 3 is 2.92 bits per heavy atom. The molecule has 2 atom stereocenters. The van der Waals surface area contributed by atoms with Gasteiger partial charge in [0.2, 0.25) is 5.75 Å². The van der Waals surface area contributed by atoms with Crippen molar-refractivity contribution in [1.29, 1.82) is 0 Å². The second-order valence-corrected chi connectivity index (χ2v) is 6.06. The fraction of sp³-hybridized carbons (Fsp3) is 0.562. The van der Waals surface area contributed by atoms with Gasteiger partial charge in [0.25, 0.3) is 5.91 Å². The molecular formula is C16H21N3O5. The largest absolute Gasteiger partial charge is 0.490 e. The SMILES string of the molecule is COc1cc(OCC(=O)N2C3CCNCC2CC3)ccc1[N+](=O)[O-]. The monoisotopic (exact) mass is 335 g/mol. The molecule has 2 unspecified atom stereocenters. The number of methoxy groups -OCH3 is 1. The Morgan fingerprint density at radius 1 is 1.38 bits per heavy atom. The van der Waals surface area contributed by atoms with Crippen LogP contribution in [0.25, 0.3) is 0 Å². The van der Waals surface area contributed by atoms with Crippen LogP contribution in [0.5, 0.6) is 11.5 Å². The third-order valence-corrected chi connectivity index (χ3v) is 4.65. The zero-order valence-electron chi connectivity index (χ0n) is 13.6. The highest BCUT2D eigenvalue weighted by atomic mass is 16.6. The number of ether oxygens (including phenoxy) is 2. The summed E-state index contributed by atoms with van der Waals surface area (Å²) in [6, 6.07) is 4.75. The first-order chi connectivity index (χ1) is 11.6. The number of rotatable bonds is 5. The minimum absolute atomic E-state index is 0.0384. The molecule has 8 heteroatoms. The predicted octanol–water partition coefficient (Wildman–Crippen LogP) is 1.34. The number of nitro groups is 1. The Morgan fingerprint density at radius 2 is 2.17 bits per heavy atom. The number of hydrogen-bond acceptors (Lipinski definition) is 6. The van der Waals surface area contributed by atoms with E-state index in [1.54, 1.807) is 0 Å². The van der Waals surface area contributed by atoms with E-state index < -0.39 is 4.92 Å². The molecule has 0 aromatic heterocycles. The minimum Gasteiger partial charge on any atom is -0.490 e. The first-order valence-corrected chi connectivity index (χ1v) is 8.07. The van der Waals surface area contributed by atoms with E-state index in [4.69, 9.17) is 9.47 Å². The van der Waals surface area contributed by atoms with Crippen LogP contribution in [-0.4, -0.2) is 54.6 Å². The van der Waals surface area contributed by atoms with E-state index in [9.17, 15) is 14.9 Å². The first-order valence-electron chi connectivity index (χ1n) is 8.07. The van der Waals surface area contributed by atoms with Crippen LogP contribution in [0.1, 0.15) is 19.3 Å². The number of hydrogen-bond donors (Lipinski definition) is 1. The number of nitrogens with one attached hydrogen (secondary N) is 1. The van der Waals surface area contributed by atoms with Crippen molar-refractivity contribution in [2.24, 2.45) is 0 Å². The highest BCUT2D eigenvalue weighted by Crippen LogP contribution is 2.31. The van der Waals surface area contributed by atoms with Gasteiger partial charge >= 0.3 is 5.69 Å². The van der Waals surface area contributed by atoms with E-state index in [0.29, 0.717) is 5.75 Å². The maximum absolute atomic E-state index is 12.5. The second kappa shape index (κ2) is 7.04. The minimum atomic E-state index is -0.518. The molecule has 2 aliphatic heterocycles. The molecule has 8 nitrogen and oxygen atoms in total. The van der Waals surface area contributed by atoms with Gasteiger partial charge in [0, 0.05) is 30.8 Å². The van der Waals surface area contributed by atoms with Gasteiger partial charge in [-0.15, -0.1) is 0 Å². The van der Waals surface area contributed by atoms with Crippen LogP contribution in [0.2, 0.25) is 0 Å². The van der Waals surface area contributed by atoms with E-state index in [1.165, 1.54) is 25.3 Å². The lowest BCUT2D eigenvalue weighted by Gasteiger charge is -2.27. The van der Waals surface area contributed by atoms with Gasteiger partial charge in [-0.1, -0.05) is 0 Å². The topological polar surface area (TPSA) is 93.9 Å². The highest BCUT2D eigenvalue weighted by molar-refractivity contribution is 5.79. The third-order valence-electron chi connectivity index (χ3n) is 4.65. The van der Waals surface area contributed by atoms with E-state index >= 15 is 0 Å². The van der Waals surface area contributed by atoms with Gasteiger partial charge in [-0.2, -0.15) is 0 Å². The van der Waals surface area contributed by atoms with E-state index in [-0.39, 0.29) is 36.0 Å². The zero-order valence-corrected chi connectivity index (χ0v) is 13.6. The molecule has 2 saturated heterocycles. The lowest BCUT2D eigenvalue weighted by molar-refractivity contribution is -0.385. The molecule has 0 aliphatic carbocycles. The maximum atomic E-state index is 12.5. The number of amides is 1. The lowest BCUT2D eigenvalue weighted by Crippen LogP contribution is -2.44. The number of benzene rings is 1. The standard InChI is InChI=1S/C16H21N3O5/c1-23-15-8-13(4-5-14(15)19(21)22)24-10-16(20)18-11-2-3-12(18)9-17-7-6-11/h4-5,8,11-12,17H,2-3,6-7,9-10H2,1H3. The fourth-order valence-corrected chi connectivity index (χ4v) is 3.51. The Kier molecular flexibility index (Phi) is 4.84. The van der Waals surface area contributed by atoms with Crippen LogP contribution in [0.4, 0.5) is 5.69 Å². The molecule has 3 rings (SSSR count). The van der Waals surface area contributed by atoms with Crippen LogP contribution >= 0.6 is 0 Å². The van der Waals surface area contributed by atoms with Gasteiger partial charge in [-0.25, -0.2) is 0 Å². The molecule has 2 heterocycles. The quantitative estimate of drug-likeness (QED) is 0.644. The molecule has 1 amide bonds. The summed E-state index contributed by atoms with van der Waals surface area (Å²) in [4.78, 5) is 24.9. The van der Waals surface area contributed by atoms with Gasteiger partial charge in [0.05, 0.1) is 12.0 Å². The summed E-state index contributed by atoms with van der Waals surface area (Å²) in [5.74, 6) is 0.457. The number of carbonyl (C=O) groups excluding carboxylic acids is 1. The van der Waals surface area contributed by atoms with Crippen LogP contribution in [0, 0.1) is 10.1 Å². The molecule has 1 N–H and O–H groups in total. The molecule has 1 aromatic rings. The van der Waals surface area contributed by atoms with Gasteiger partial charge in [-0.05, 0) is 31.9 Å². The van der Waals surface area contributed by atoms with Crippen molar-refractivity contribution < 1.29 is 19.2 Å². The van der Waals surface area contributed by atoms with Gasteiger partial charge in [0.1, 0.15) is 5.75 Å². The number of fused-ring (bicyclic) bond motifs is 2. The number of nitrogens with zero attached hydrogens (tertiary/aromatic N) is 2. The Bertz CT molecular complexity index is 622. The molecule has 130 valence electrons. The van der Waals surface area contributed by atoms with Gasteiger partial charge < -0.3 is 19.7 Å². The summed E-state index contributed by atoms with van der Waals surface area (Å²) in [7, 11) is 1.36. The number of carbonyl (C=O) groups is 1. The molecule has 2 fully saturated rings. The van der Waals surface area contributed by atoms with E-state index in [1.807, 2.05) is 4.90 Å². The predicted molar refractivity (Wildman–Crippen MR) is 86.3 cm³/mol. The third kappa shape index (κ3) is 3.28. The Balaban J connectivity index is 1.65. The van der Waals surface area contributed by atoms with Crippen LogP contribution in [-0.2, 0) is 4.79 Å². The van der Waals surface area contributed by atoms with Crippen LogP contribution < -0.4 is 14.8 Å². The van der Waals surface area contributed by atoms with Gasteiger partial charge in [-0.3, -0.25) is 14.9 Å². The molecule has 24 heavy (non-hydrogen) atoms. The highest BCUT2D eigenvalue weighted by Gasteiger charge is 2.37. The molecule has 0 radical (unpaired) electrons. The van der Waals surface area contributed by atoms with Crippen molar-refractivity contribution in [3.8, 4) is 11.5 Å². The molecule has 2 bridgehead atoms. The first kappa shape index (κ1) is 16.5. The molecule has 0 saturated carbocycles. The summed E-state index contributed by atoms with van der Waals surface area (Å²) in [5, 5.41) is 14.2. The van der Waals surface area contributed by atoms with Crippen molar-refractivity contribution >= 4 is 11.6 Å². The normalized spacial score (nSPS) is 22.8. The van der Waals surface area contributed by atoms with Crippen molar-refractivity contribution in [1.82, 2.24) is 10.2 Å². The summed E-state index contributed by atoms with van der Waals surface area (Å²) in [6.07, 6.45) is 3.03. The smallest absolute Gasteiger partial charge is 0.311 e. The van der Waals surface area contributed by atoms with Crippen molar-refractivity contribution in [2.75, 3.05) is 26.8 Å². The lowest BCUT2D eigenvalue weighted by atomic mass is 10.1. The summed E-state index contributed by atoms with van der Waals surface area (Å²) in [6.45, 7) is 1.69. The fourth-order valence-electron chi connectivity index (χ4n) is 3.51. The molecular weight excluding hydrogens is 314 g/mol. The summed E-state index contributed by atoms with van der Waals surface area (Å²) < 4.78 is 10.6. The van der Waals surface area contributed by atoms with Crippen molar-refractivity contribution in [3.63, 3.8) is 0 Å². The average Bonchev–Trinajstić information content (AvgIpc) is 2.85. The van der Waals surface area contributed by atoms with Gasteiger partial charge in [0.15, 0.2) is 6.61 Å².